The van der Waals surface area contributed by atoms with E-state index in [0.717, 1.165) is 0 Å². The van der Waals surface area contributed by atoms with Crippen molar-refractivity contribution >= 4 is 21.7 Å². The third-order valence-electron chi connectivity index (χ3n) is 3.58. The smallest absolute Gasteiger partial charge is 0.335 e. The second-order valence-electron chi connectivity index (χ2n) is 4.90. The molecular formula is C14H16N2O4S. The van der Waals surface area contributed by atoms with E-state index in [1.165, 1.54) is 22.5 Å². The van der Waals surface area contributed by atoms with Crippen LogP contribution < -0.4 is 4.31 Å². The van der Waals surface area contributed by atoms with Crippen molar-refractivity contribution in [2.45, 2.75) is 31.4 Å². The number of carboxylic acid groups (broad SMARTS) is 1. The molecular weight excluding hydrogens is 292 g/mol. The highest BCUT2D eigenvalue weighted by molar-refractivity contribution is 7.93. The minimum atomic E-state index is -3.75. The van der Waals surface area contributed by atoms with Gasteiger partial charge in [-0.2, -0.15) is 5.26 Å². The minimum absolute atomic E-state index is 0.139. The number of carboxylic acids is 1. The number of carbonyl (C=O) groups is 1. The lowest BCUT2D eigenvalue weighted by molar-refractivity contribution is 0.0696. The largest absolute Gasteiger partial charge is 0.478 e. The number of hydrogen-bond acceptors (Lipinski definition) is 4. The van der Waals surface area contributed by atoms with E-state index in [0.29, 0.717) is 30.6 Å². The average molecular weight is 308 g/mol. The summed E-state index contributed by atoms with van der Waals surface area (Å²) in [7, 11) is -3.75. The lowest BCUT2D eigenvalue weighted by atomic mass is 10.0. The highest BCUT2D eigenvalue weighted by Crippen LogP contribution is 2.32. The van der Waals surface area contributed by atoms with Crippen LogP contribution in [0, 0.1) is 11.3 Å². The standard InChI is InChI=1S/C14H16N2O4S/c1-2-12(9-15)21(19,20)16-7-3-4-10-8-11(14(17)18)5-6-13(10)16/h5-6,8,12H,2-4,7H2,1H3,(H,17,18). The Balaban J connectivity index is 2.48. The van der Waals surface area contributed by atoms with E-state index >= 15 is 0 Å². The van der Waals surface area contributed by atoms with Crippen LogP contribution in [-0.4, -0.2) is 31.3 Å². The Hall–Kier alpha value is -2.07. The summed E-state index contributed by atoms with van der Waals surface area (Å²) in [6, 6.07) is 6.24. The van der Waals surface area contributed by atoms with Crippen molar-refractivity contribution in [3.8, 4) is 6.07 Å². The van der Waals surface area contributed by atoms with Crippen LogP contribution in [0.15, 0.2) is 18.2 Å². The van der Waals surface area contributed by atoms with E-state index in [9.17, 15) is 13.2 Å². The predicted octanol–water partition coefficient (Wildman–Crippen LogP) is 1.77. The van der Waals surface area contributed by atoms with E-state index in [4.69, 9.17) is 10.4 Å². The van der Waals surface area contributed by atoms with Crippen molar-refractivity contribution in [1.82, 2.24) is 0 Å². The monoisotopic (exact) mass is 308 g/mol. The number of benzene rings is 1. The van der Waals surface area contributed by atoms with Gasteiger partial charge in [-0.1, -0.05) is 6.92 Å². The predicted molar refractivity (Wildman–Crippen MR) is 77.7 cm³/mol. The van der Waals surface area contributed by atoms with E-state index in [1.54, 1.807) is 6.92 Å². The molecule has 0 bridgehead atoms. The van der Waals surface area contributed by atoms with Crippen LogP contribution in [0.4, 0.5) is 5.69 Å². The molecule has 7 heteroatoms. The van der Waals surface area contributed by atoms with Crippen LogP contribution in [-0.2, 0) is 16.4 Å². The summed E-state index contributed by atoms with van der Waals surface area (Å²) < 4.78 is 26.3. The fourth-order valence-electron chi connectivity index (χ4n) is 2.48. The lowest BCUT2D eigenvalue weighted by Gasteiger charge is -2.31. The fraction of sp³-hybridized carbons (Fsp3) is 0.429. The second kappa shape index (κ2) is 5.74. The van der Waals surface area contributed by atoms with Gasteiger partial charge in [0.15, 0.2) is 5.25 Å². The number of nitriles is 1. The van der Waals surface area contributed by atoms with Crippen molar-refractivity contribution in [2.24, 2.45) is 0 Å². The van der Waals surface area contributed by atoms with Crippen LogP contribution in [0.25, 0.3) is 0 Å². The van der Waals surface area contributed by atoms with Gasteiger partial charge < -0.3 is 5.11 Å². The lowest BCUT2D eigenvalue weighted by Crippen LogP contribution is -2.41. The van der Waals surface area contributed by atoms with Gasteiger partial charge in [0.1, 0.15) is 0 Å². The Kier molecular flexibility index (Phi) is 4.19. The molecule has 1 aliphatic heterocycles. The van der Waals surface area contributed by atoms with E-state index in [2.05, 4.69) is 0 Å². The first-order valence-electron chi connectivity index (χ1n) is 6.69. The van der Waals surface area contributed by atoms with Gasteiger partial charge in [0, 0.05) is 6.54 Å². The molecule has 2 rings (SSSR count). The third-order valence-corrected chi connectivity index (χ3v) is 5.74. The van der Waals surface area contributed by atoms with Gasteiger partial charge in [-0.15, -0.1) is 0 Å². The van der Waals surface area contributed by atoms with Gasteiger partial charge in [-0.25, -0.2) is 13.2 Å². The molecule has 0 aliphatic carbocycles. The van der Waals surface area contributed by atoms with Crippen molar-refractivity contribution < 1.29 is 18.3 Å². The minimum Gasteiger partial charge on any atom is -0.478 e. The molecule has 1 aromatic carbocycles. The van der Waals surface area contributed by atoms with Crippen molar-refractivity contribution in [1.29, 1.82) is 5.26 Å². The first kappa shape index (κ1) is 15.3. The number of fused-ring (bicyclic) bond motifs is 1. The van der Waals surface area contributed by atoms with Crippen molar-refractivity contribution in [3.63, 3.8) is 0 Å². The van der Waals surface area contributed by atoms with Gasteiger partial charge in [0.05, 0.1) is 17.3 Å². The first-order valence-corrected chi connectivity index (χ1v) is 8.19. The third kappa shape index (κ3) is 2.72. The SMILES string of the molecule is CCC(C#N)S(=O)(=O)N1CCCc2cc(C(=O)O)ccc21. The van der Waals surface area contributed by atoms with Gasteiger partial charge in [-0.3, -0.25) is 4.31 Å². The number of rotatable bonds is 4. The van der Waals surface area contributed by atoms with Gasteiger partial charge in [0.2, 0.25) is 0 Å². The van der Waals surface area contributed by atoms with Gasteiger partial charge in [-0.05, 0) is 43.0 Å². The summed E-state index contributed by atoms with van der Waals surface area (Å²) in [6.45, 7) is 1.98. The van der Waals surface area contributed by atoms with E-state index < -0.39 is 21.2 Å². The molecule has 1 atom stereocenters. The second-order valence-corrected chi connectivity index (χ2v) is 6.94. The normalized spacial score (nSPS) is 15.9. The molecule has 1 aromatic rings. The zero-order valence-electron chi connectivity index (χ0n) is 11.6. The Morgan fingerprint density at radius 3 is 2.81 bits per heavy atom. The molecule has 6 nitrogen and oxygen atoms in total. The Labute approximate surface area is 123 Å². The van der Waals surface area contributed by atoms with Crippen molar-refractivity contribution in [3.05, 3.63) is 29.3 Å². The molecule has 1 aliphatic rings. The van der Waals surface area contributed by atoms with Crippen LogP contribution in [0.2, 0.25) is 0 Å². The zero-order valence-corrected chi connectivity index (χ0v) is 12.4. The molecule has 21 heavy (non-hydrogen) atoms. The summed E-state index contributed by atoms with van der Waals surface area (Å²) >= 11 is 0. The Morgan fingerprint density at radius 1 is 1.52 bits per heavy atom. The summed E-state index contributed by atoms with van der Waals surface area (Å²) in [5.74, 6) is -1.04. The molecule has 1 N–H and O–H groups in total. The van der Waals surface area contributed by atoms with Gasteiger partial charge in [0.25, 0.3) is 10.0 Å². The zero-order chi connectivity index (χ0) is 15.6. The maximum atomic E-state index is 12.5. The number of anilines is 1. The van der Waals surface area contributed by atoms with E-state index in [-0.39, 0.29) is 12.0 Å². The van der Waals surface area contributed by atoms with Crippen LogP contribution >= 0.6 is 0 Å². The summed E-state index contributed by atoms with van der Waals surface area (Å²) in [6.07, 6.45) is 1.46. The molecule has 1 heterocycles. The number of sulfonamides is 1. The quantitative estimate of drug-likeness (QED) is 0.914. The van der Waals surface area contributed by atoms with Gasteiger partial charge >= 0.3 is 5.97 Å². The molecule has 1 unspecified atom stereocenters. The van der Waals surface area contributed by atoms with Crippen LogP contribution in [0.1, 0.15) is 35.7 Å². The molecule has 0 fully saturated rings. The molecule has 112 valence electrons. The number of aromatic carboxylic acids is 1. The summed E-state index contributed by atoms with van der Waals surface area (Å²) in [5.41, 5.74) is 1.32. The highest BCUT2D eigenvalue weighted by Gasteiger charge is 2.34. The fourth-order valence-corrected chi connectivity index (χ4v) is 4.18. The first-order chi connectivity index (χ1) is 9.91. The Bertz CT molecular complexity index is 706. The molecule has 0 amide bonds. The molecule has 0 spiro atoms. The summed E-state index contributed by atoms with van der Waals surface area (Å²) in [5, 5.41) is 16.9. The maximum Gasteiger partial charge on any atom is 0.335 e. The number of nitrogens with zero attached hydrogens (tertiary/aromatic N) is 2. The highest BCUT2D eigenvalue weighted by atomic mass is 32.2. The number of aryl methyl sites for hydroxylation is 1. The van der Waals surface area contributed by atoms with E-state index in [1.807, 2.05) is 6.07 Å². The molecule has 0 radical (unpaired) electrons. The number of hydrogen-bond donors (Lipinski definition) is 1. The molecule has 0 saturated carbocycles. The van der Waals surface area contributed by atoms with Crippen LogP contribution in [0.3, 0.4) is 0 Å². The molecule has 0 saturated heterocycles. The topological polar surface area (TPSA) is 98.5 Å². The maximum absolute atomic E-state index is 12.5. The summed E-state index contributed by atoms with van der Waals surface area (Å²) in [4.78, 5) is 11.0. The molecule has 0 aromatic heterocycles. The van der Waals surface area contributed by atoms with Crippen molar-refractivity contribution in [2.75, 3.05) is 10.8 Å². The average Bonchev–Trinajstić information content (AvgIpc) is 2.46. The Morgan fingerprint density at radius 2 is 2.24 bits per heavy atom. The van der Waals surface area contributed by atoms with Crippen LogP contribution in [0.5, 0.6) is 0 Å².